The molecule has 1 fully saturated rings. The van der Waals surface area contributed by atoms with Crippen LogP contribution in [0.3, 0.4) is 0 Å². The summed E-state index contributed by atoms with van der Waals surface area (Å²) in [6.45, 7) is 4.82. The van der Waals surface area contributed by atoms with Gasteiger partial charge in [-0.25, -0.2) is 4.39 Å². The van der Waals surface area contributed by atoms with Gasteiger partial charge in [0.05, 0.1) is 6.54 Å². The molecule has 0 bridgehead atoms. The van der Waals surface area contributed by atoms with Gasteiger partial charge in [0, 0.05) is 18.7 Å². The lowest BCUT2D eigenvalue weighted by Crippen LogP contribution is -2.20. The fraction of sp³-hybridized carbons (Fsp3) is 0.412. The summed E-state index contributed by atoms with van der Waals surface area (Å²) < 4.78 is 19.0. The molecule has 0 spiro atoms. The van der Waals surface area contributed by atoms with Crippen LogP contribution in [0.5, 0.6) is 0 Å². The lowest BCUT2D eigenvalue weighted by molar-refractivity contribution is 0.216. The zero-order chi connectivity index (χ0) is 14.8. The van der Waals surface area contributed by atoms with Crippen LogP contribution in [0.1, 0.15) is 17.7 Å². The maximum atomic E-state index is 13.2. The second-order valence-corrected chi connectivity index (χ2v) is 5.80. The van der Waals surface area contributed by atoms with Crippen molar-refractivity contribution in [3.8, 4) is 11.3 Å². The predicted octanol–water partition coefficient (Wildman–Crippen LogP) is 3.21. The van der Waals surface area contributed by atoms with Crippen molar-refractivity contribution in [2.45, 2.75) is 19.9 Å². The number of aryl methyl sites for hydroxylation is 1. The summed E-state index contributed by atoms with van der Waals surface area (Å²) in [6.07, 6.45) is 1.04. The number of benzene rings is 1. The first kappa shape index (κ1) is 14.3. The van der Waals surface area contributed by atoms with E-state index in [9.17, 15) is 9.50 Å². The zero-order valence-corrected chi connectivity index (χ0v) is 12.2. The molecule has 21 heavy (non-hydrogen) atoms. The van der Waals surface area contributed by atoms with Gasteiger partial charge < -0.3 is 9.52 Å². The first-order valence-electron chi connectivity index (χ1n) is 7.34. The van der Waals surface area contributed by atoms with Crippen LogP contribution in [0.2, 0.25) is 0 Å². The van der Waals surface area contributed by atoms with Crippen LogP contribution in [0.25, 0.3) is 11.3 Å². The Morgan fingerprint density at radius 1 is 1.33 bits per heavy atom. The van der Waals surface area contributed by atoms with Gasteiger partial charge in [0.25, 0.3) is 0 Å². The molecule has 0 radical (unpaired) electrons. The Morgan fingerprint density at radius 2 is 2.19 bits per heavy atom. The Balaban J connectivity index is 1.71. The topological polar surface area (TPSA) is 36.6 Å². The molecule has 1 aromatic heterocycles. The fourth-order valence-electron chi connectivity index (χ4n) is 2.94. The lowest BCUT2D eigenvalue weighted by atomic mass is 10.1. The molecule has 2 aromatic rings. The minimum atomic E-state index is -0.227. The molecule has 0 aliphatic carbocycles. The second-order valence-electron chi connectivity index (χ2n) is 5.80. The summed E-state index contributed by atoms with van der Waals surface area (Å²) >= 11 is 0. The second kappa shape index (κ2) is 6.00. The Labute approximate surface area is 124 Å². The van der Waals surface area contributed by atoms with E-state index in [0.717, 1.165) is 48.7 Å². The van der Waals surface area contributed by atoms with Gasteiger partial charge in [0.2, 0.25) is 0 Å². The molecule has 0 saturated carbocycles. The number of halogens is 1. The van der Waals surface area contributed by atoms with Gasteiger partial charge in [-0.2, -0.15) is 0 Å². The molecule has 1 aliphatic rings. The van der Waals surface area contributed by atoms with E-state index in [1.807, 2.05) is 19.1 Å². The smallest absolute Gasteiger partial charge is 0.134 e. The summed E-state index contributed by atoms with van der Waals surface area (Å²) in [4.78, 5) is 2.29. The Morgan fingerprint density at radius 3 is 2.90 bits per heavy atom. The highest BCUT2D eigenvalue weighted by Crippen LogP contribution is 2.27. The van der Waals surface area contributed by atoms with E-state index in [4.69, 9.17) is 4.42 Å². The molecule has 1 unspecified atom stereocenters. The molecule has 112 valence electrons. The molecule has 1 aliphatic heterocycles. The van der Waals surface area contributed by atoms with Gasteiger partial charge in [-0.15, -0.1) is 0 Å². The third-order valence-corrected chi connectivity index (χ3v) is 4.12. The Kier molecular flexibility index (Phi) is 4.08. The first-order valence-corrected chi connectivity index (χ1v) is 7.34. The molecule has 1 saturated heterocycles. The van der Waals surface area contributed by atoms with E-state index in [1.54, 1.807) is 6.07 Å². The van der Waals surface area contributed by atoms with Gasteiger partial charge in [0.15, 0.2) is 0 Å². The van der Waals surface area contributed by atoms with Crippen molar-refractivity contribution in [3.05, 3.63) is 47.5 Å². The number of nitrogens with zero attached hydrogens (tertiary/aromatic N) is 1. The lowest BCUT2D eigenvalue weighted by Gasteiger charge is -2.13. The normalized spacial score (nSPS) is 19.3. The highest BCUT2D eigenvalue weighted by molar-refractivity contribution is 5.62. The molecule has 1 N–H and O–H groups in total. The average Bonchev–Trinajstić information content (AvgIpc) is 3.08. The molecule has 1 aromatic carbocycles. The summed E-state index contributed by atoms with van der Waals surface area (Å²) in [5, 5.41) is 9.17. The van der Waals surface area contributed by atoms with Crippen molar-refractivity contribution >= 4 is 0 Å². The van der Waals surface area contributed by atoms with Crippen LogP contribution in [0, 0.1) is 18.7 Å². The highest BCUT2D eigenvalue weighted by Gasteiger charge is 2.22. The minimum Gasteiger partial charge on any atom is -0.460 e. The van der Waals surface area contributed by atoms with Gasteiger partial charge >= 0.3 is 0 Å². The monoisotopic (exact) mass is 289 g/mol. The van der Waals surface area contributed by atoms with Gasteiger partial charge in [0.1, 0.15) is 17.3 Å². The number of likely N-dealkylation sites (tertiary alicyclic amines) is 1. The molecule has 2 heterocycles. The summed E-state index contributed by atoms with van der Waals surface area (Å²) in [6, 6.07) is 8.64. The SMILES string of the molecule is Cc1cc(F)ccc1-c1ccc(CN2CCC(CO)C2)o1. The van der Waals surface area contributed by atoms with Crippen LogP contribution >= 0.6 is 0 Å². The number of aliphatic hydroxyl groups excluding tert-OH is 1. The summed E-state index contributed by atoms with van der Waals surface area (Å²) in [7, 11) is 0. The highest BCUT2D eigenvalue weighted by atomic mass is 19.1. The van der Waals surface area contributed by atoms with Crippen LogP contribution in [-0.2, 0) is 6.54 Å². The maximum absolute atomic E-state index is 13.2. The van der Waals surface area contributed by atoms with Gasteiger partial charge in [-0.1, -0.05) is 0 Å². The Hall–Kier alpha value is -1.65. The van der Waals surface area contributed by atoms with E-state index >= 15 is 0 Å². The Bertz CT molecular complexity index is 623. The van der Waals surface area contributed by atoms with Crippen LogP contribution in [-0.4, -0.2) is 29.7 Å². The number of furan rings is 1. The van der Waals surface area contributed by atoms with Gasteiger partial charge in [-0.3, -0.25) is 4.90 Å². The molecule has 3 rings (SSSR count). The molecule has 3 nitrogen and oxygen atoms in total. The molecule has 1 atom stereocenters. The van der Waals surface area contributed by atoms with Crippen molar-refractivity contribution in [2.75, 3.05) is 19.7 Å². The molecular formula is C17H20FNO2. The molecule has 4 heteroatoms. The van der Waals surface area contributed by atoms with Crippen LogP contribution in [0.15, 0.2) is 34.7 Å². The van der Waals surface area contributed by atoms with E-state index < -0.39 is 0 Å². The van der Waals surface area contributed by atoms with E-state index in [-0.39, 0.29) is 12.4 Å². The van der Waals surface area contributed by atoms with Crippen molar-refractivity contribution < 1.29 is 13.9 Å². The summed E-state index contributed by atoms with van der Waals surface area (Å²) in [5.41, 5.74) is 1.80. The zero-order valence-electron chi connectivity index (χ0n) is 12.2. The van der Waals surface area contributed by atoms with Crippen molar-refractivity contribution in [1.29, 1.82) is 0 Å². The van der Waals surface area contributed by atoms with E-state index in [2.05, 4.69) is 4.90 Å². The standard InChI is InChI=1S/C17H20FNO2/c1-12-8-14(18)2-4-16(12)17-5-3-15(21-17)10-19-7-6-13(9-19)11-20/h2-5,8,13,20H,6-7,9-11H2,1H3. The van der Waals surface area contributed by atoms with Gasteiger partial charge in [-0.05, 0) is 61.7 Å². The van der Waals surface area contributed by atoms with Crippen molar-refractivity contribution in [3.63, 3.8) is 0 Å². The van der Waals surface area contributed by atoms with E-state index in [1.165, 1.54) is 12.1 Å². The summed E-state index contributed by atoms with van der Waals surface area (Å²) in [5.74, 6) is 1.85. The largest absolute Gasteiger partial charge is 0.460 e. The van der Waals surface area contributed by atoms with Crippen LogP contribution in [0.4, 0.5) is 4.39 Å². The van der Waals surface area contributed by atoms with Crippen LogP contribution < -0.4 is 0 Å². The average molecular weight is 289 g/mol. The number of rotatable bonds is 4. The van der Waals surface area contributed by atoms with Crippen molar-refractivity contribution in [2.24, 2.45) is 5.92 Å². The molecule has 0 amide bonds. The first-order chi connectivity index (χ1) is 10.2. The number of aliphatic hydroxyl groups is 1. The quantitative estimate of drug-likeness (QED) is 0.939. The van der Waals surface area contributed by atoms with E-state index in [0.29, 0.717) is 5.92 Å². The number of hydrogen-bond donors (Lipinski definition) is 1. The molecular weight excluding hydrogens is 269 g/mol. The third-order valence-electron chi connectivity index (χ3n) is 4.12. The predicted molar refractivity (Wildman–Crippen MR) is 79.3 cm³/mol. The number of hydrogen-bond acceptors (Lipinski definition) is 3. The fourth-order valence-corrected chi connectivity index (χ4v) is 2.94. The minimum absolute atomic E-state index is 0.227. The third kappa shape index (κ3) is 3.17. The van der Waals surface area contributed by atoms with Crippen molar-refractivity contribution in [1.82, 2.24) is 4.90 Å². The maximum Gasteiger partial charge on any atom is 0.134 e.